The van der Waals surface area contributed by atoms with Gasteiger partial charge < -0.3 is 9.64 Å². The maximum Gasteiger partial charge on any atom is 0.254 e. The Labute approximate surface area is 144 Å². The summed E-state index contributed by atoms with van der Waals surface area (Å²) in [4.78, 5) is 19.4. The summed E-state index contributed by atoms with van der Waals surface area (Å²) in [6, 6.07) is 9.51. The van der Waals surface area contributed by atoms with Gasteiger partial charge in [-0.2, -0.15) is 0 Å². The average Bonchev–Trinajstić information content (AvgIpc) is 3.16. The molecule has 0 N–H and O–H groups in total. The Balaban J connectivity index is 1.47. The van der Waals surface area contributed by atoms with E-state index in [4.69, 9.17) is 4.74 Å². The second-order valence-electron chi connectivity index (χ2n) is 6.50. The van der Waals surface area contributed by atoms with Gasteiger partial charge in [-0.05, 0) is 24.6 Å². The van der Waals surface area contributed by atoms with E-state index in [-0.39, 0.29) is 18.1 Å². The van der Waals surface area contributed by atoms with E-state index in [2.05, 4.69) is 15.3 Å². The van der Waals surface area contributed by atoms with E-state index in [9.17, 15) is 4.79 Å². The zero-order valence-corrected chi connectivity index (χ0v) is 13.6. The highest BCUT2D eigenvalue weighted by molar-refractivity contribution is 6.06. The van der Waals surface area contributed by atoms with Crippen molar-refractivity contribution in [3.63, 3.8) is 0 Å². The third-order valence-corrected chi connectivity index (χ3v) is 5.09. The molecule has 7 heteroatoms. The lowest BCUT2D eigenvalue weighted by atomic mass is 9.99. The van der Waals surface area contributed by atoms with Gasteiger partial charge in [-0.25, -0.2) is 4.68 Å². The van der Waals surface area contributed by atoms with Crippen LogP contribution in [0.4, 0.5) is 0 Å². The first-order chi connectivity index (χ1) is 12.3. The van der Waals surface area contributed by atoms with Gasteiger partial charge in [0.05, 0.1) is 36.2 Å². The maximum absolute atomic E-state index is 13.2. The van der Waals surface area contributed by atoms with Crippen LogP contribution in [-0.4, -0.2) is 50.0 Å². The number of aromatic nitrogens is 4. The fourth-order valence-electron chi connectivity index (χ4n) is 3.82. The number of ether oxygens (including phenoxy) is 1. The lowest BCUT2D eigenvalue weighted by Gasteiger charge is -2.41. The van der Waals surface area contributed by atoms with Gasteiger partial charge in [0.25, 0.3) is 5.91 Å². The highest BCUT2D eigenvalue weighted by Gasteiger charge is 2.38. The molecule has 0 saturated carbocycles. The van der Waals surface area contributed by atoms with Crippen molar-refractivity contribution < 1.29 is 9.53 Å². The molecule has 2 aliphatic rings. The number of benzene rings is 1. The van der Waals surface area contributed by atoms with Crippen LogP contribution in [0.25, 0.3) is 10.9 Å². The van der Waals surface area contributed by atoms with Crippen LogP contribution in [0.15, 0.2) is 42.7 Å². The lowest BCUT2D eigenvalue weighted by molar-refractivity contribution is -0.0604. The Bertz CT molecular complexity index is 948. The molecule has 1 aromatic carbocycles. The molecule has 4 heterocycles. The van der Waals surface area contributed by atoms with Crippen molar-refractivity contribution >= 4 is 16.8 Å². The van der Waals surface area contributed by atoms with Gasteiger partial charge in [0.15, 0.2) is 0 Å². The number of piperidine rings is 1. The number of hydrogen-bond acceptors (Lipinski definition) is 5. The van der Waals surface area contributed by atoms with Crippen molar-refractivity contribution in [1.29, 1.82) is 0 Å². The molecule has 3 aromatic rings. The molecule has 0 spiro atoms. The predicted octanol–water partition coefficient (Wildman–Crippen LogP) is 1.81. The minimum Gasteiger partial charge on any atom is -0.370 e. The number of amides is 1. The molecule has 126 valence electrons. The molecule has 25 heavy (non-hydrogen) atoms. The third kappa shape index (κ3) is 2.31. The molecular weight excluding hydrogens is 318 g/mol. The smallest absolute Gasteiger partial charge is 0.254 e. The van der Waals surface area contributed by atoms with Crippen molar-refractivity contribution in [3.8, 4) is 0 Å². The summed E-state index contributed by atoms with van der Waals surface area (Å²) < 4.78 is 7.84. The number of carbonyl (C=O) groups excluding carboxylic acids is 1. The van der Waals surface area contributed by atoms with E-state index in [1.807, 2.05) is 39.9 Å². The first kappa shape index (κ1) is 14.5. The number of nitrogens with zero attached hydrogens (tertiary/aromatic N) is 5. The van der Waals surface area contributed by atoms with E-state index >= 15 is 0 Å². The minimum absolute atomic E-state index is 0.0250. The highest BCUT2D eigenvalue weighted by Crippen LogP contribution is 2.31. The van der Waals surface area contributed by atoms with E-state index in [1.165, 1.54) is 0 Å². The normalized spacial score (nSPS) is 22.5. The van der Waals surface area contributed by atoms with Crippen LogP contribution in [0.1, 0.15) is 28.5 Å². The van der Waals surface area contributed by atoms with Gasteiger partial charge in [0.2, 0.25) is 0 Å². The second-order valence-corrected chi connectivity index (χ2v) is 6.50. The van der Waals surface area contributed by atoms with Crippen molar-refractivity contribution in [2.45, 2.75) is 25.2 Å². The van der Waals surface area contributed by atoms with Gasteiger partial charge in [-0.15, -0.1) is 5.10 Å². The zero-order valence-electron chi connectivity index (χ0n) is 13.6. The predicted molar refractivity (Wildman–Crippen MR) is 89.9 cm³/mol. The average molecular weight is 335 g/mol. The summed E-state index contributed by atoms with van der Waals surface area (Å²) in [5.41, 5.74) is 2.49. The summed E-state index contributed by atoms with van der Waals surface area (Å²) in [6.45, 7) is 1.80. The molecule has 0 bridgehead atoms. The molecule has 1 fully saturated rings. The Morgan fingerprint density at radius 3 is 3.16 bits per heavy atom. The van der Waals surface area contributed by atoms with Gasteiger partial charge in [-0.1, -0.05) is 17.3 Å². The summed E-state index contributed by atoms with van der Waals surface area (Å²) in [7, 11) is 0. The van der Waals surface area contributed by atoms with E-state index in [0.717, 1.165) is 23.0 Å². The lowest BCUT2D eigenvalue weighted by Crippen LogP contribution is -2.49. The standard InChI is InChI=1S/C18H17N5O2/c24-18(14-3-1-5-15-13(14)4-2-7-19-15)22-8-6-17-16(10-22)23-12(11-25-17)9-20-21-23/h1-5,7,9,16-17H,6,8,10-11H2/t16-,17-/m0/s1. The molecular formula is C18H17N5O2. The first-order valence-electron chi connectivity index (χ1n) is 8.45. The topological polar surface area (TPSA) is 73.1 Å². The SMILES string of the molecule is O=C(c1cccc2ncccc12)N1CC[C@@H]2OCc3cnnn3[C@H]2C1. The second kappa shape index (κ2) is 5.63. The molecule has 2 aliphatic heterocycles. The van der Waals surface area contributed by atoms with Gasteiger partial charge in [-0.3, -0.25) is 9.78 Å². The number of pyridine rings is 1. The third-order valence-electron chi connectivity index (χ3n) is 5.09. The molecule has 1 saturated heterocycles. The molecule has 1 amide bonds. The number of likely N-dealkylation sites (tertiary alicyclic amines) is 1. The highest BCUT2D eigenvalue weighted by atomic mass is 16.5. The van der Waals surface area contributed by atoms with Crippen LogP contribution in [0.2, 0.25) is 0 Å². The van der Waals surface area contributed by atoms with E-state index in [0.29, 0.717) is 25.3 Å². The summed E-state index contributed by atoms with van der Waals surface area (Å²) in [6.07, 6.45) is 4.37. The van der Waals surface area contributed by atoms with E-state index in [1.54, 1.807) is 12.4 Å². The van der Waals surface area contributed by atoms with E-state index < -0.39 is 0 Å². The molecule has 2 aromatic heterocycles. The fourth-order valence-corrected chi connectivity index (χ4v) is 3.82. The van der Waals surface area contributed by atoms with Gasteiger partial charge in [0, 0.05) is 30.2 Å². The Morgan fingerprint density at radius 2 is 2.20 bits per heavy atom. The van der Waals surface area contributed by atoms with Crippen LogP contribution < -0.4 is 0 Å². The summed E-state index contributed by atoms with van der Waals surface area (Å²) in [5.74, 6) is 0.0317. The molecule has 5 rings (SSSR count). The number of fused-ring (bicyclic) bond motifs is 4. The molecule has 7 nitrogen and oxygen atoms in total. The summed E-state index contributed by atoms with van der Waals surface area (Å²) >= 11 is 0. The van der Waals surface area contributed by atoms with Crippen LogP contribution in [-0.2, 0) is 11.3 Å². The molecule has 2 atom stereocenters. The Morgan fingerprint density at radius 1 is 1.24 bits per heavy atom. The quantitative estimate of drug-likeness (QED) is 0.678. The number of rotatable bonds is 1. The summed E-state index contributed by atoms with van der Waals surface area (Å²) in [5, 5.41) is 9.07. The molecule has 0 aliphatic carbocycles. The Hall–Kier alpha value is -2.80. The van der Waals surface area contributed by atoms with Crippen LogP contribution in [0.3, 0.4) is 0 Å². The van der Waals surface area contributed by atoms with Gasteiger partial charge >= 0.3 is 0 Å². The van der Waals surface area contributed by atoms with Crippen LogP contribution >= 0.6 is 0 Å². The minimum atomic E-state index is 0.0250. The fraction of sp³-hybridized carbons (Fsp3) is 0.333. The Kier molecular flexibility index (Phi) is 3.27. The largest absolute Gasteiger partial charge is 0.370 e. The molecule has 0 radical (unpaired) electrons. The first-order valence-corrected chi connectivity index (χ1v) is 8.45. The monoisotopic (exact) mass is 335 g/mol. The van der Waals surface area contributed by atoms with Crippen molar-refractivity contribution in [3.05, 3.63) is 54.0 Å². The maximum atomic E-state index is 13.2. The zero-order chi connectivity index (χ0) is 16.8. The number of carbonyl (C=O) groups is 1. The number of hydrogen-bond donors (Lipinski definition) is 0. The van der Waals surface area contributed by atoms with Crippen molar-refractivity contribution in [2.24, 2.45) is 0 Å². The van der Waals surface area contributed by atoms with Crippen molar-refractivity contribution in [2.75, 3.05) is 13.1 Å². The molecule has 0 unspecified atom stereocenters. The van der Waals surface area contributed by atoms with Crippen LogP contribution in [0.5, 0.6) is 0 Å². The van der Waals surface area contributed by atoms with Gasteiger partial charge in [0.1, 0.15) is 0 Å². The van der Waals surface area contributed by atoms with Crippen LogP contribution in [0, 0.1) is 0 Å². The van der Waals surface area contributed by atoms with Crippen molar-refractivity contribution in [1.82, 2.24) is 24.9 Å².